The highest BCUT2D eigenvalue weighted by Crippen LogP contribution is 2.20. The molecule has 1 rings (SSSR count). The van der Waals surface area contributed by atoms with Gasteiger partial charge in [0.25, 0.3) is 0 Å². The monoisotopic (exact) mass is 313 g/mol. The van der Waals surface area contributed by atoms with Crippen LogP contribution in [0.2, 0.25) is 0 Å². The van der Waals surface area contributed by atoms with Crippen molar-refractivity contribution in [1.29, 1.82) is 0 Å². The van der Waals surface area contributed by atoms with Crippen molar-refractivity contribution < 1.29 is 9.53 Å². The molecule has 0 saturated carbocycles. The van der Waals surface area contributed by atoms with Crippen LogP contribution in [-0.2, 0) is 4.74 Å². The Bertz CT molecular complexity index is 350. The van der Waals surface area contributed by atoms with Crippen LogP contribution in [0.4, 0.5) is 4.79 Å². The Morgan fingerprint density at radius 3 is 2.36 bits per heavy atom. The second kappa shape index (κ2) is 8.16. The summed E-state index contributed by atoms with van der Waals surface area (Å²) in [5, 5.41) is 0. The topological polar surface area (TPSA) is 58.8 Å². The smallest absolute Gasteiger partial charge is 0.410 e. The molecular formula is C17H35N3O2. The molecule has 1 aliphatic heterocycles. The number of nitrogens with two attached hydrogens (primary N) is 1. The molecule has 1 fully saturated rings. The molecule has 1 saturated heterocycles. The highest BCUT2D eigenvalue weighted by molar-refractivity contribution is 5.68. The molecule has 0 aromatic heterocycles. The average Bonchev–Trinajstić information content (AvgIpc) is 2.62. The van der Waals surface area contributed by atoms with Crippen LogP contribution in [0.1, 0.15) is 53.9 Å². The quantitative estimate of drug-likeness (QED) is 0.848. The van der Waals surface area contributed by atoms with Crippen LogP contribution in [0.5, 0.6) is 0 Å². The fourth-order valence-corrected chi connectivity index (χ4v) is 2.59. The molecule has 0 atom stereocenters. The largest absolute Gasteiger partial charge is 0.444 e. The van der Waals surface area contributed by atoms with E-state index in [1.807, 2.05) is 25.7 Å². The van der Waals surface area contributed by atoms with E-state index in [2.05, 4.69) is 18.7 Å². The zero-order chi connectivity index (χ0) is 16.8. The third-order valence-corrected chi connectivity index (χ3v) is 4.12. The minimum absolute atomic E-state index is 0.182. The molecule has 0 aliphatic carbocycles. The van der Waals surface area contributed by atoms with E-state index in [0.717, 1.165) is 58.5 Å². The summed E-state index contributed by atoms with van der Waals surface area (Å²) in [5.74, 6) is 0. The Labute approximate surface area is 136 Å². The molecule has 0 aromatic rings. The Hall–Kier alpha value is -0.810. The molecule has 0 unspecified atom stereocenters. The molecule has 1 aliphatic rings. The maximum Gasteiger partial charge on any atom is 0.410 e. The van der Waals surface area contributed by atoms with E-state index in [0.29, 0.717) is 0 Å². The third-order valence-electron chi connectivity index (χ3n) is 4.12. The fraction of sp³-hybridized carbons (Fsp3) is 0.941. The summed E-state index contributed by atoms with van der Waals surface area (Å²) in [6.45, 7) is 15.5. The number of amides is 1. The number of carbonyl (C=O) groups excluding carboxylic acids is 1. The van der Waals surface area contributed by atoms with E-state index in [1.165, 1.54) is 0 Å². The molecule has 0 aromatic carbocycles. The van der Waals surface area contributed by atoms with Crippen LogP contribution in [0.25, 0.3) is 0 Å². The van der Waals surface area contributed by atoms with Gasteiger partial charge in [0.15, 0.2) is 0 Å². The molecule has 22 heavy (non-hydrogen) atoms. The summed E-state index contributed by atoms with van der Waals surface area (Å²) in [6.07, 6.45) is 3.14. The lowest BCUT2D eigenvalue weighted by Crippen LogP contribution is -2.39. The molecule has 5 heteroatoms. The first-order chi connectivity index (χ1) is 10.1. The number of nitrogens with zero attached hydrogens (tertiary/aromatic N) is 2. The molecular weight excluding hydrogens is 278 g/mol. The van der Waals surface area contributed by atoms with Gasteiger partial charge in [0.1, 0.15) is 5.60 Å². The molecule has 2 N–H and O–H groups in total. The van der Waals surface area contributed by atoms with Crippen molar-refractivity contribution in [1.82, 2.24) is 9.80 Å². The predicted molar refractivity (Wildman–Crippen MR) is 90.9 cm³/mol. The molecule has 0 spiro atoms. The Kier molecular flexibility index (Phi) is 7.13. The number of carbonyl (C=O) groups is 1. The number of hydrogen-bond acceptors (Lipinski definition) is 4. The minimum atomic E-state index is -0.420. The second-order valence-corrected chi connectivity index (χ2v) is 8.13. The first kappa shape index (κ1) is 19.2. The van der Waals surface area contributed by atoms with Gasteiger partial charge in [-0.3, -0.25) is 0 Å². The highest BCUT2D eigenvalue weighted by atomic mass is 16.6. The van der Waals surface area contributed by atoms with Crippen molar-refractivity contribution in [3.05, 3.63) is 0 Å². The van der Waals surface area contributed by atoms with E-state index in [-0.39, 0.29) is 11.5 Å². The van der Waals surface area contributed by atoms with Crippen LogP contribution in [0.3, 0.4) is 0 Å². The molecule has 130 valence electrons. The Balaban J connectivity index is 2.35. The van der Waals surface area contributed by atoms with Crippen molar-refractivity contribution in [3.8, 4) is 0 Å². The lowest BCUT2D eigenvalue weighted by atomic mass is 9.88. The first-order valence-electron chi connectivity index (χ1n) is 8.53. The van der Waals surface area contributed by atoms with Gasteiger partial charge < -0.3 is 20.3 Å². The summed E-state index contributed by atoms with van der Waals surface area (Å²) in [5.41, 5.74) is 5.59. The van der Waals surface area contributed by atoms with Crippen molar-refractivity contribution in [2.24, 2.45) is 11.1 Å². The predicted octanol–water partition coefficient (Wildman–Crippen LogP) is 2.69. The van der Waals surface area contributed by atoms with E-state index >= 15 is 0 Å². The SMILES string of the molecule is CC(C)(CN)CCCN1CCCN(C(=O)OC(C)(C)C)CC1. The first-order valence-corrected chi connectivity index (χ1v) is 8.53. The summed E-state index contributed by atoms with van der Waals surface area (Å²) >= 11 is 0. The molecule has 1 heterocycles. The standard InChI is InChI=1S/C17H35N3O2/c1-16(2,3)22-15(21)20-11-7-10-19(12-13-20)9-6-8-17(4,5)14-18/h6-14,18H2,1-5H3. The number of hydrogen-bond donors (Lipinski definition) is 1. The second-order valence-electron chi connectivity index (χ2n) is 8.13. The van der Waals surface area contributed by atoms with Gasteiger partial charge in [0.05, 0.1) is 0 Å². The van der Waals surface area contributed by atoms with Gasteiger partial charge in [0.2, 0.25) is 0 Å². The maximum atomic E-state index is 12.1. The fourth-order valence-electron chi connectivity index (χ4n) is 2.59. The van der Waals surface area contributed by atoms with Gasteiger partial charge in [-0.05, 0) is 65.1 Å². The van der Waals surface area contributed by atoms with Gasteiger partial charge in [-0.15, -0.1) is 0 Å². The Morgan fingerprint density at radius 1 is 1.09 bits per heavy atom. The molecule has 0 bridgehead atoms. The van der Waals surface area contributed by atoms with E-state index in [9.17, 15) is 4.79 Å². The van der Waals surface area contributed by atoms with Crippen molar-refractivity contribution in [2.45, 2.75) is 59.5 Å². The molecule has 1 amide bonds. The van der Waals surface area contributed by atoms with Gasteiger partial charge in [0, 0.05) is 19.6 Å². The summed E-state index contributed by atoms with van der Waals surface area (Å²) in [6, 6.07) is 0. The number of ether oxygens (including phenoxy) is 1. The van der Waals surface area contributed by atoms with Gasteiger partial charge in [-0.1, -0.05) is 13.8 Å². The number of rotatable bonds is 5. The van der Waals surface area contributed by atoms with Crippen molar-refractivity contribution >= 4 is 6.09 Å². The lowest BCUT2D eigenvalue weighted by Gasteiger charge is -2.27. The van der Waals surface area contributed by atoms with Gasteiger partial charge in [-0.25, -0.2) is 4.79 Å². The van der Waals surface area contributed by atoms with E-state index in [4.69, 9.17) is 10.5 Å². The average molecular weight is 313 g/mol. The normalized spacial score (nSPS) is 18.2. The van der Waals surface area contributed by atoms with E-state index in [1.54, 1.807) is 0 Å². The van der Waals surface area contributed by atoms with E-state index < -0.39 is 5.60 Å². The summed E-state index contributed by atoms with van der Waals surface area (Å²) in [7, 11) is 0. The van der Waals surface area contributed by atoms with Crippen LogP contribution >= 0.6 is 0 Å². The van der Waals surface area contributed by atoms with Gasteiger partial charge >= 0.3 is 6.09 Å². The summed E-state index contributed by atoms with van der Waals surface area (Å²) < 4.78 is 5.46. The van der Waals surface area contributed by atoms with Crippen LogP contribution in [0.15, 0.2) is 0 Å². The third kappa shape index (κ3) is 7.45. The zero-order valence-corrected chi connectivity index (χ0v) is 15.2. The highest BCUT2D eigenvalue weighted by Gasteiger charge is 2.24. The zero-order valence-electron chi connectivity index (χ0n) is 15.2. The molecule has 0 radical (unpaired) electrons. The lowest BCUT2D eigenvalue weighted by molar-refractivity contribution is 0.0257. The maximum absolute atomic E-state index is 12.1. The van der Waals surface area contributed by atoms with Crippen LogP contribution < -0.4 is 5.73 Å². The van der Waals surface area contributed by atoms with Crippen molar-refractivity contribution in [3.63, 3.8) is 0 Å². The minimum Gasteiger partial charge on any atom is -0.444 e. The van der Waals surface area contributed by atoms with Crippen LogP contribution in [0, 0.1) is 5.41 Å². The van der Waals surface area contributed by atoms with Crippen molar-refractivity contribution in [2.75, 3.05) is 39.3 Å². The summed E-state index contributed by atoms with van der Waals surface area (Å²) in [4.78, 5) is 16.4. The van der Waals surface area contributed by atoms with Gasteiger partial charge in [-0.2, -0.15) is 0 Å². The Morgan fingerprint density at radius 2 is 1.77 bits per heavy atom. The van der Waals surface area contributed by atoms with Crippen LogP contribution in [-0.4, -0.2) is 60.8 Å². The molecule has 5 nitrogen and oxygen atoms in total.